The summed E-state index contributed by atoms with van der Waals surface area (Å²) in [6, 6.07) is 13.9. The van der Waals surface area contributed by atoms with Gasteiger partial charge in [0.15, 0.2) is 0 Å². The van der Waals surface area contributed by atoms with Gasteiger partial charge in [-0.05, 0) is 87.0 Å². The van der Waals surface area contributed by atoms with E-state index >= 15 is 0 Å². The van der Waals surface area contributed by atoms with Crippen molar-refractivity contribution < 1.29 is 9.47 Å². The number of benzene rings is 2. The highest BCUT2D eigenvalue weighted by atomic mass is 16.5. The van der Waals surface area contributed by atoms with Crippen LogP contribution in [0.1, 0.15) is 68.0 Å². The zero-order valence-corrected chi connectivity index (χ0v) is 23.3. The van der Waals surface area contributed by atoms with E-state index in [0.29, 0.717) is 19.2 Å². The van der Waals surface area contributed by atoms with Crippen molar-refractivity contribution in [2.24, 2.45) is 0 Å². The Hall–Kier alpha value is -2.96. The van der Waals surface area contributed by atoms with Crippen LogP contribution in [0.15, 0.2) is 42.5 Å². The van der Waals surface area contributed by atoms with Crippen LogP contribution in [0.2, 0.25) is 0 Å². The molecule has 2 fully saturated rings. The van der Waals surface area contributed by atoms with Crippen molar-refractivity contribution >= 4 is 22.0 Å². The van der Waals surface area contributed by atoms with Crippen molar-refractivity contribution in [2.75, 3.05) is 44.4 Å². The van der Waals surface area contributed by atoms with Gasteiger partial charge in [0.25, 0.3) is 0 Å². The fraction of sp³-hybridized carbons (Fsp3) is 0.515. The summed E-state index contributed by atoms with van der Waals surface area (Å²) < 4.78 is 12.3. The Labute approximate surface area is 232 Å². The largest absolute Gasteiger partial charge is 0.461 e. The molecule has 39 heavy (non-hydrogen) atoms. The summed E-state index contributed by atoms with van der Waals surface area (Å²) in [5.41, 5.74) is 7.70. The number of aryl methyl sites for hydroxylation is 1. The molecule has 4 aliphatic heterocycles. The van der Waals surface area contributed by atoms with Gasteiger partial charge in [-0.2, -0.15) is 9.97 Å². The molecule has 2 saturated heterocycles. The number of rotatable bonds is 6. The molecule has 0 bridgehead atoms. The summed E-state index contributed by atoms with van der Waals surface area (Å²) in [7, 11) is 0. The lowest BCUT2D eigenvalue weighted by molar-refractivity contribution is 0.107. The van der Waals surface area contributed by atoms with Gasteiger partial charge in [0.1, 0.15) is 6.61 Å². The maximum atomic E-state index is 6.53. The lowest BCUT2D eigenvalue weighted by Crippen LogP contribution is -2.43. The van der Waals surface area contributed by atoms with E-state index in [-0.39, 0.29) is 5.54 Å². The third-order valence-electron chi connectivity index (χ3n) is 9.50. The van der Waals surface area contributed by atoms with Gasteiger partial charge in [-0.25, -0.2) is 0 Å². The zero-order valence-electron chi connectivity index (χ0n) is 23.3. The Morgan fingerprint density at radius 3 is 2.67 bits per heavy atom. The van der Waals surface area contributed by atoms with Gasteiger partial charge in [0, 0.05) is 29.8 Å². The molecule has 0 unspecified atom stereocenters. The second-order valence-corrected chi connectivity index (χ2v) is 11.7. The van der Waals surface area contributed by atoms with E-state index < -0.39 is 0 Å². The summed E-state index contributed by atoms with van der Waals surface area (Å²) in [4.78, 5) is 15.4. The first kappa shape index (κ1) is 25.0. The molecule has 0 atom stereocenters. The quantitative estimate of drug-likeness (QED) is 0.397. The van der Waals surface area contributed by atoms with Crippen LogP contribution >= 0.6 is 0 Å². The lowest BCUT2D eigenvalue weighted by atomic mass is 9.94. The fourth-order valence-corrected chi connectivity index (χ4v) is 7.48. The summed E-state index contributed by atoms with van der Waals surface area (Å²) in [6.45, 7) is 8.55. The van der Waals surface area contributed by atoms with Crippen molar-refractivity contribution in [3.05, 3.63) is 65.0 Å². The number of anilines is 1. The van der Waals surface area contributed by atoms with Crippen LogP contribution in [-0.4, -0.2) is 59.9 Å². The standard InChI is InChI=1S/C33H40N4O2/c1-2-24-8-3-9-25-10-4-12-29(30(24)25)36-19-13-27-28(22-36)34-32(35-31(27)26-11-5-20-38-21-14-26)39-23-33-15-6-17-37(33)18-7-16-33/h3-4,8-10,12,14H,2,5-7,11,13,15-23H2,1H3. The molecule has 204 valence electrons. The number of nitrogens with zero attached hydrogens (tertiary/aromatic N) is 4. The van der Waals surface area contributed by atoms with Crippen molar-refractivity contribution in [3.63, 3.8) is 0 Å². The Morgan fingerprint density at radius 2 is 1.82 bits per heavy atom. The number of allylic oxidation sites excluding steroid dienone is 1. The topological polar surface area (TPSA) is 50.7 Å². The van der Waals surface area contributed by atoms with Crippen molar-refractivity contribution in [1.29, 1.82) is 0 Å². The van der Waals surface area contributed by atoms with E-state index in [1.165, 1.54) is 71.9 Å². The number of hydrogen-bond acceptors (Lipinski definition) is 6. The first-order valence-electron chi connectivity index (χ1n) is 15.0. The second-order valence-electron chi connectivity index (χ2n) is 11.7. The highest BCUT2D eigenvalue weighted by Gasteiger charge is 2.45. The normalized spacial score (nSPS) is 20.9. The van der Waals surface area contributed by atoms with Crippen LogP contribution in [0.25, 0.3) is 16.3 Å². The maximum absolute atomic E-state index is 6.53. The van der Waals surface area contributed by atoms with E-state index in [1.54, 1.807) is 0 Å². The first-order valence-corrected chi connectivity index (χ1v) is 15.0. The van der Waals surface area contributed by atoms with E-state index in [0.717, 1.165) is 56.8 Å². The molecule has 3 aromatic rings. The molecule has 4 aliphatic rings. The van der Waals surface area contributed by atoms with Crippen LogP contribution in [0, 0.1) is 0 Å². The molecule has 2 aromatic carbocycles. The molecule has 0 aliphatic carbocycles. The van der Waals surface area contributed by atoms with Gasteiger partial charge >= 0.3 is 6.01 Å². The minimum atomic E-state index is 0.181. The number of ether oxygens (including phenoxy) is 2. The highest BCUT2D eigenvalue weighted by molar-refractivity contribution is 5.97. The summed E-state index contributed by atoms with van der Waals surface area (Å²) in [5, 5.41) is 2.69. The smallest absolute Gasteiger partial charge is 0.317 e. The highest BCUT2D eigenvalue weighted by Crippen LogP contribution is 2.40. The molecule has 0 saturated carbocycles. The molecular formula is C33H40N4O2. The van der Waals surface area contributed by atoms with E-state index in [4.69, 9.17) is 19.4 Å². The predicted molar refractivity (Wildman–Crippen MR) is 156 cm³/mol. The predicted octanol–water partition coefficient (Wildman–Crippen LogP) is 5.96. The van der Waals surface area contributed by atoms with Gasteiger partial charge in [0.2, 0.25) is 0 Å². The van der Waals surface area contributed by atoms with Crippen molar-refractivity contribution in [2.45, 2.75) is 70.4 Å². The molecule has 7 rings (SSSR count). The number of hydrogen-bond donors (Lipinski definition) is 0. The molecule has 6 nitrogen and oxygen atoms in total. The molecule has 0 radical (unpaired) electrons. The molecule has 0 spiro atoms. The van der Waals surface area contributed by atoms with Crippen LogP contribution < -0.4 is 9.64 Å². The van der Waals surface area contributed by atoms with Gasteiger partial charge in [0.05, 0.1) is 30.1 Å². The molecule has 0 N–H and O–H groups in total. The fourth-order valence-electron chi connectivity index (χ4n) is 7.48. The van der Waals surface area contributed by atoms with Gasteiger partial charge < -0.3 is 14.4 Å². The minimum Gasteiger partial charge on any atom is -0.461 e. The number of aromatic nitrogens is 2. The van der Waals surface area contributed by atoms with Gasteiger partial charge in [-0.1, -0.05) is 43.3 Å². The van der Waals surface area contributed by atoms with E-state index in [2.05, 4.69) is 59.2 Å². The Balaban J connectivity index is 1.25. The maximum Gasteiger partial charge on any atom is 0.317 e. The molecule has 6 heteroatoms. The third-order valence-corrected chi connectivity index (χ3v) is 9.50. The van der Waals surface area contributed by atoms with Crippen LogP contribution in [0.5, 0.6) is 6.01 Å². The SMILES string of the molecule is CCc1cccc2cccc(N3CCc4c(nc(OCC56CCCN5CCC6)nc4C4=CCOCCC4)C3)c12. The summed E-state index contributed by atoms with van der Waals surface area (Å²) >= 11 is 0. The summed E-state index contributed by atoms with van der Waals surface area (Å²) in [6.07, 6.45) is 11.2. The van der Waals surface area contributed by atoms with Crippen molar-refractivity contribution in [1.82, 2.24) is 14.9 Å². The van der Waals surface area contributed by atoms with Crippen LogP contribution in [0.3, 0.4) is 0 Å². The first-order chi connectivity index (χ1) is 19.2. The second kappa shape index (κ2) is 10.5. The Morgan fingerprint density at radius 1 is 0.974 bits per heavy atom. The molecule has 5 heterocycles. The number of fused-ring (bicyclic) bond motifs is 3. The lowest BCUT2D eigenvalue weighted by Gasteiger charge is -2.33. The molecular weight excluding hydrogens is 484 g/mol. The summed E-state index contributed by atoms with van der Waals surface area (Å²) in [5.74, 6) is 0. The third kappa shape index (κ3) is 4.62. The monoisotopic (exact) mass is 524 g/mol. The Bertz CT molecular complexity index is 1380. The van der Waals surface area contributed by atoms with Crippen LogP contribution in [0.4, 0.5) is 5.69 Å². The van der Waals surface area contributed by atoms with Gasteiger partial charge in [-0.3, -0.25) is 4.90 Å². The average molecular weight is 525 g/mol. The molecule has 0 amide bonds. The van der Waals surface area contributed by atoms with Gasteiger partial charge in [-0.15, -0.1) is 0 Å². The van der Waals surface area contributed by atoms with E-state index in [9.17, 15) is 0 Å². The van der Waals surface area contributed by atoms with Crippen LogP contribution in [-0.2, 0) is 24.1 Å². The van der Waals surface area contributed by atoms with E-state index in [1.807, 2.05) is 0 Å². The van der Waals surface area contributed by atoms with Crippen molar-refractivity contribution in [3.8, 4) is 6.01 Å². The zero-order chi connectivity index (χ0) is 26.2. The minimum absolute atomic E-state index is 0.181. The Kier molecular flexibility index (Phi) is 6.77. The molecule has 1 aromatic heterocycles. The average Bonchev–Trinajstić information content (AvgIpc) is 3.44.